The smallest absolute Gasteiger partial charge is 0.262 e. The molecule has 3 aromatic rings. The van der Waals surface area contributed by atoms with Crippen LogP contribution < -0.4 is 16.0 Å². The molecule has 1 aliphatic rings. The van der Waals surface area contributed by atoms with Crippen molar-refractivity contribution < 1.29 is 4.79 Å². The molecule has 1 aliphatic heterocycles. The summed E-state index contributed by atoms with van der Waals surface area (Å²) in [5.74, 6) is 0.299. The van der Waals surface area contributed by atoms with Gasteiger partial charge in [-0.3, -0.25) is 9.69 Å². The average molecular weight is 395 g/mol. The van der Waals surface area contributed by atoms with E-state index in [1.54, 1.807) is 9.58 Å². The van der Waals surface area contributed by atoms with Gasteiger partial charge in [-0.25, -0.2) is 4.68 Å². The normalized spacial score (nSPS) is 16.0. The highest BCUT2D eigenvalue weighted by Crippen LogP contribution is 2.33. The van der Waals surface area contributed by atoms with E-state index in [2.05, 4.69) is 15.4 Å². The van der Waals surface area contributed by atoms with Crippen LogP contribution in [0, 0.1) is 13.8 Å². The van der Waals surface area contributed by atoms with Crippen LogP contribution in [0.5, 0.6) is 0 Å². The first-order chi connectivity index (χ1) is 13.5. The number of carbonyl (C=O) groups is 1. The maximum atomic E-state index is 13.5. The summed E-state index contributed by atoms with van der Waals surface area (Å²) in [7, 11) is 0. The molecule has 1 atom stereocenters. The number of carbonyl (C=O) groups excluding carboxylic acids is 1. The fourth-order valence-electron chi connectivity index (χ4n) is 3.53. The number of hydrogen-bond donors (Lipinski definition) is 2. The molecule has 1 unspecified atom stereocenters. The van der Waals surface area contributed by atoms with E-state index < -0.39 is 0 Å². The van der Waals surface area contributed by atoms with E-state index in [0.29, 0.717) is 23.2 Å². The number of rotatable bonds is 4. The summed E-state index contributed by atoms with van der Waals surface area (Å²) in [5.41, 5.74) is 10.4. The number of anilines is 3. The van der Waals surface area contributed by atoms with E-state index in [-0.39, 0.29) is 12.1 Å². The molecule has 28 heavy (non-hydrogen) atoms. The number of hydrogen-bond acceptors (Lipinski definition) is 6. The van der Waals surface area contributed by atoms with Crippen LogP contribution in [0.25, 0.3) is 0 Å². The van der Waals surface area contributed by atoms with Gasteiger partial charge in [0.1, 0.15) is 6.17 Å². The lowest BCUT2D eigenvalue weighted by Gasteiger charge is -2.39. The number of thioether (sulfide) groups is 1. The van der Waals surface area contributed by atoms with Crippen LogP contribution >= 0.6 is 11.8 Å². The number of nitrogens with zero attached hydrogens (tertiary/aromatic N) is 4. The molecule has 1 amide bonds. The SMILES string of the molecule is CSc1nc(N)n(CC2Nc3cccc(C)c3C(=O)N2c2ccccc2C)n1. The summed E-state index contributed by atoms with van der Waals surface area (Å²) in [6.45, 7) is 4.34. The number of nitrogen functional groups attached to an aromatic ring is 1. The largest absolute Gasteiger partial charge is 0.368 e. The molecule has 1 aromatic heterocycles. The van der Waals surface area contributed by atoms with Gasteiger partial charge >= 0.3 is 0 Å². The summed E-state index contributed by atoms with van der Waals surface area (Å²) >= 11 is 1.43. The second kappa shape index (κ2) is 7.20. The molecule has 8 heteroatoms. The fraction of sp³-hybridized carbons (Fsp3) is 0.250. The maximum Gasteiger partial charge on any atom is 0.262 e. The summed E-state index contributed by atoms with van der Waals surface area (Å²) in [6, 6.07) is 13.7. The summed E-state index contributed by atoms with van der Waals surface area (Å²) < 4.78 is 1.64. The molecule has 0 saturated heterocycles. The number of aromatic nitrogens is 3. The van der Waals surface area contributed by atoms with E-state index in [9.17, 15) is 4.79 Å². The lowest BCUT2D eigenvalue weighted by Crippen LogP contribution is -2.52. The molecule has 0 aliphatic carbocycles. The molecule has 3 N–H and O–H groups in total. The molecule has 0 radical (unpaired) electrons. The average Bonchev–Trinajstić information content (AvgIpc) is 3.03. The Morgan fingerprint density at radius 2 is 1.89 bits per heavy atom. The monoisotopic (exact) mass is 394 g/mol. The topological polar surface area (TPSA) is 89.1 Å². The lowest BCUT2D eigenvalue weighted by atomic mass is 10.0. The van der Waals surface area contributed by atoms with Crippen molar-refractivity contribution in [2.45, 2.75) is 31.7 Å². The minimum atomic E-state index is -0.346. The Morgan fingerprint density at radius 1 is 1.14 bits per heavy atom. The minimum Gasteiger partial charge on any atom is -0.368 e. The van der Waals surface area contributed by atoms with Crippen molar-refractivity contribution in [1.82, 2.24) is 14.8 Å². The molecule has 0 saturated carbocycles. The van der Waals surface area contributed by atoms with Crippen LogP contribution in [0.15, 0.2) is 47.6 Å². The van der Waals surface area contributed by atoms with Crippen molar-refractivity contribution in [2.24, 2.45) is 0 Å². The Balaban J connectivity index is 1.81. The third-order valence-corrected chi connectivity index (χ3v) is 5.46. The van der Waals surface area contributed by atoms with Crippen LogP contribution in [0.2, 0.25) is 0 Å². The van der Waals surface area contributed by atoms with E-state index in [1.165, 1.54) is 11.8 Å². The van der Waals surface area contributed by atoms with E-state index >= 15 is 0 Å². The van der Waals surface area contributed by atoms with Crippen molar-refractivity contribution in [3.8, 4) is 0 Å². The number of benzene rings is 2. The van der Waals surface area contributed by atoms with Gasteiger partial charge in [-0.15, -0.1) is 5.10 Å². The molecule has 0 fully saturated rings. The zero-order valence-corrected chi connectivity index (χ0v) is 16.8. The first kappa shape index (κ1) is 18.4. The number of fused-ring (bicyclic) bond motifs is 1. The van der Waals surface area contributed by atoms with Crippen molar-refractivity contribution in [3.63, 3.8) is 0 Å². The van der Waals surface area contributed by atoms with Crippen LogP contribution in [-0.4, -0.2) is 33.1 Å². The summed E-state index contributed by atoms with van der Waals surface area (Å²) in [5, 5.41) is 8.55. The number of nitrogens with two attached hydrogens (primary N) is 1. The van der Waals surface area contributed by atoms with Crippen molar-refractivity contribution in [2.75, 3.05) is 22.2 Å². The molecule has 0 spiro atoms. The van der Waals surface area contributed by atoms with Gasteiger partial charge in [-0.2, -0.15) is 4.98 Å². The minimum absolute atomic E-state index is 0.0325. The van der Waals surface area contributed by atoms with Crippen molar-refractivity contribution >= 4 is 35.0 Å². The zero-order valence-electron chi connectivity index (χ0n) is 16.0. The summed E-state index contributed by atoms with van der Waals surface area (Å²) in [4.78, 5) is 19.6. The van der Waals surface area contributed by atoms with Gasteiger partial charge in [-0.05, 0) is 43.4 Å². The predicted molar refractivity (Wildman–Crippen MR) is 113 cm³/mol. The molecule has 144 valence electrons. The van der Waals surface area contributed by atoms with Crippen LogP contribution in [0.1, 0.15) is 21.5 Å². The van der Waals surface area contributed by atoms with Crippen LogP contribution in [0.4, 0.5) is 17.3 Å². The van der Waals surface area contributed by atoms with Crippen LogP contribution in [-0.2, 0) is 6.54 Å². The van der Waals surface area contributed by atoms with Gasteiger partial charge < -0.3 is 11.1 Å². The molecule has 7 nitrogen and oxygen atoms in total. The molecule has 4 rings (SSSR count). The third-order valence-electron chi connectivity index (χ3n) is 4.92. The lowest BCUT2D eigenvalue weighted by molar-refractivity contribution is 0.0971. The molecule has 2 aromatic carbocycles. The van der Waals surface area contributed by atoms with Gasteiger partial charge in [0.25, 0.3) is 5.91 Å². The first-order valence-corrected chi connectivity index (χ1v) is 10.2. The number of amides is 1. The Hall–Kier alpha value is -3.00. The highest BCUT2D eigenvalue weighted by atomic mass is 32.2. The van der Waals surface area contributed by atoms with Crippen molar-refractivity contribution in [1.29, 1.82) is 0 Å². The van der Waals surface area contributed by atoms with Crippen LogP contribution in [0.3, 0.4) is 0 Å². The van der Waals surface area contributed by atoms with Gasteiger partial charge in [0.05, 0.1) is 12.1 Å². The van der Waals surface area contributed by atoms with Gasteiger partial charge in [0.15, 0.2) is 0 Å². The molecular formula is C20H22N6OS. The Bertz CT molecular complexity index is 1050. The Morgan fingerprint density at radius 3 is 2.61 bits per heavy atom. The van der Waals surface area contributed by atoms with Gasteiger partial charge in [0, 0.05) is 11.4 Å². The van der Waals surface area contributed by atoms with Crippen molar-refractivity contribution in [3.05, 3.63) is 59.2 Å². The Labute approximate surface area is 167 Å². The quantitative estimate of drug-likeness (QED) is 0.660. The van der Waals surface area contributed by atoms with E-state index in [0.717, 1.165) is 22.5 Å². The molecule has 2 heterocycles. The number of nitrogens with one attached hydrogen (secondary N) is 1. The second-order valence-electron chi connectivity index (χ2n) is 6.76. The highest BCUT2D eigenvalue weighted by molar-refractivity contribution is 7.98. The first-order valence-electron chi connectivity index (χ1n) is 8.99. The Kier molecular flexibility index (Phi) is 4.72. The zero-order chi connectivity index (χ0) is 19.8. The fourth-order valence-corrected chi connectivity index (χ4v) is 3.90. The van der Waals surface area contributed by atoms with E-state index in [4.69, 9.17) is 5.73 Å². The van der Waals surface area contributed by atoms with Gasteiger partial charge in [0.2, 0.25) is 11.1 Å². The second-order valence-corrected chi connectivity index (χ2v) is 7.53. The highest BCUT2D eigenvalue weighted by Gasteiger charge is 2.35. The van der Waals surface area contributed by atoms with E-state index in [1.807, 2.05) is 62.6 Å². The summed E-state index contributed by atoms with van der Waals surface area (Å²) in [6.07, 6.45) is 1.56. The number of aryl methyl sites for hydroxylation is 2. The van der Waals surface area contributed by atoms with Gasteiger partial charge in [-0.1, -0.05) is 42.1 Å². The number of para-hydroxylation sites is 1. The molecular weight excluding hydrogens is 372 g/mol. The standard InChI is InChI=1S/C20H22N6OS/c1-12-7-4-5-10-15(12)26-16(11-25-19(21)23-20(24-25)28-3)22-14-9-6-8-13(2)17(14)18(26)27/h4-10,16,22H,11H2,1-3H3,(H2,21,23,24). The molecule has 0 bridgehead atoms. The predicted octanol–water partition coefficient (Wildman–Crippen LogP) is 3.30. The third kappa shape index (κ3) is 3.09. The maximum absolute atomic E-state index is 13.5.